The molecule has 3 aromatic heterocycles. The minimum Gasteiger partial charge on any atom is -0.492 e. The summed E-state index contributed by atoms with van der Waals surface area (Å²) >= 11 is 2.64. The van der Waals surface area contributed by atoms with E-state index in [0.717, 1.165) is 33.0 Å². The maximum Gasteiger partial charge on any atom is 0.354 e. The van der Waals surface area contributed by atoms with Crippen molar-refractivity contribution in [3.05, 3.63) is 58.0 Å². The lowest BCUT2D eigenvalue weighted by Gasteiger charge is -2.02. The molecule has 6 nitrogen and oxygen atoms in total. The highest BCUT2D eigenvalue weighted by molar-refractivity contribution is 7.19. The molecule has 3 heterocycles. The number of aromatic hydroxyl groups is 1. The number of ether oxygens (including phenoxy) is 1. The van der Waals surface area contributed by atoms with Gasteiger partial charge in [0.1, 0.15) is 16.4 Å². The van der Waals surface area contributed by atoms with Crippen LogP contribution < -0.4 is 0 Å². The first kappa shape index (κ1) is 15.8. The van der Waals surface area contributed by atoms with E-state index in [-0.39, 0.29) is 17.4 Å². The molecule has 1 N–H and O–H groups in total. The Morgan fingerprint density at radius 2 is 2.12 bits per heavy atom. The van der Waals surface area contributed by atoms with Crippen LogP contribution in [0.5, 0.6) is 5.88 Å². The third kappa shape index (κ3) is 2.90. The Hall–Kier alpha value is -2.71. The van der Waals surface area contributed by atoms with Crippen molar-refractivity contribution in [3.8, 4) is 16.5 Å². The monoisotopic (exact) mass is 371 g/mol. The number of thiazole rings is 2. The number of rotatable bonds is 4. The summed E-state index contributed by atoms with van der Waals surface area (Å²) in [5.41, 5.74) is 2.51. The summed E-state index contributed by atoms with van der Waals surface area (Å²) < 4.78 is 7.05. The first-order chi connectivity index (χ1) is 12.1. The summed E-state index contributed by atoms with van der Waals surface area (Å²) in [7, 11) is 0. The number of carbonyl (C=O) groups excluding carboxylic acids is 1. The molecule has 0 unspecified atom stereocenters. The Balaban J connectivity index is 1.61. The molecule has 0 aliphatic carbocycles. The minimum atomic E-state index is -0.586. The average molecular weight is 371 g/mol. The number of aromatic nitrogens is 3. The maximum atomic E-state index is 12.3. The second kappa shape index (κ2) is 6.30. The first-order valence-electron chi connectivity index (χ1n) is 7.47. The normalized spacial score (nSPS) is 11.1. The lowest BCUT2D eigenvalue weighted by Crippen LogP contribution is -2.03. The topological polar surface area (TPSA) is 76.7 Å². The molecule has 4 rings (SSSR count). The summed E-state index contributed by atoms with van der Waals surface area (Å²) in [6, 6.07) is 9.39. The number of carbonyl (C=O) groups is 1. The Morgan fingerprint density at radius 3 is 2.92 bits per heavy atom. The molecule has 0 saturated heterocycles. The molecule has 0 radical (unpaired) electrons. The maximum absolute atomic E-state index is 12.3. The van der Waals surface area contributed by atoms with Crippen molar-refractivity contribution < 1.29 is 14.6 Å². The Bertz CT molecular complexity index is 1050. The van der Waals surface area contributed by atoms with Crippen LogP contribution in [0.4, 0.5) is 0 Å². The van der Waals surface area contributed by atoms with Gasteiger partial charge in [0, 0.05) is 11.6 Å². The van der Waals surface area contributed by atoms with Crippen LogP contribution in [0.25, 0.3) is 15.4 Å². The van der Waals surface area contributed by atoms with E-state index in [9.17, 15) is 9.90 Å². The fraction of sp³-hybridized carbons (Fsp3) is 0.118. The Labute approximate surface area is 151 Å². The van der Waals surface area contributed by atoms with Gasteiger partial charge in [-0.1, -0.05) is 30.3 Å². The van der Waals surface area contributed by atoms with Gasteiger partial charge in [-0.25, -0.2) is 14.3 Å². The molecule has 8 heteroatoms. The zero-order valence-electron chi connectivity index (χ0n) is 13.2. The number of fused-ring (bicyclic) bond motifs is 1. The third-order valence-electron chi connectivity index (χ3n) is 3.64. The van der Waals surface area contributed by atoms with E-state index in [1.165, 1.54) is 11.3 Å². The van der Waals surface area contributed by atoms with Crippen molar-refractivity contribution in [2.45, 2.75) is 13.5 Å². The molecule has 126 valence electrons. The van der Waals surface area contributed by atoms with Crippen LogP contribution in [-0.2, 0) is 11.3 Å². The van der Waals surface area contributed by atoms with Crippen molar-refractivity contribution in [2.24, 2.45) is 0 Å². The molecule has 0 aliphatic rings. The van der Waals surface area contributed by atoms with Crippen LogP contribution in [0.3, 0.4) is 0 Å². The van der Waals surface area contributed by atoms with Crippen LogP contribution in [0.1, 0.15) is 20.9 Å². The lowest BCUT2D eigenvalue weighted by atomic mass is 10.2. The summed E-state index contributed by atoms with van der Waals surface area (Å²) in [5, 5.41) is 17.0. The number of nitrogens with zero attached hydrogens (tertiary/aromatic N) is 3. The molecule has 0 aliphatic heterocycles. The lowest BCUT2D eigenvalue weighted by molar-refractivity contribution is 0.0475. The number of esters is 1. The smallest absolute Gasteiger partial charge is 0.354 e. The minimum absolute atomic E-state index is 0.0984. The third-order valence-corrected chi connectivity index (χ3v) is 5.56. The van der Waals surface area contributed by atoms with E-state index in [1.54, 1.807) is 4.52 Å². The van der Waals surface area contributed by atoms with Crippen LogP contribution in [0.15, 0.2) is 41.9 Å². The summed E-state index contributed by atoms with van der Waals surface area (Å²) in [6.45, 7) is 2.02. The molecule has 1 aromatic carbocycles. The van der Waals surface area contributed by atoms with Crippen molar-refractivity contribution in [3.63, 3.8) is 0 Å². The van der Waals surface area contributed by atoms with Crippen molar-refractivity contribution >= 4 is 33.5 Å². The van der Waals surface area contributed by atoms with Gasteiger partial charge in [-0.2, -0.15) is 5.10 Å². The first-order valence-corrected chi connectivity index (χ1v) is 9.16. The largest absolute Gasteiger partial charge is 0.492 e. The number of hydrogen-bond acceptors (Lipinski definition) is 7. The molecule has 0 saturated carbocycles. The molecule has 0 fully saturated rings. The van der Waals surface area contributed by atoms with Gasteiger partial charge in [-0.3, -0.25) is 0 Å². The van der Waals surface area contributed by atoms with E-state index < -0.39 is 5.97 Å². The van der Waals surface area contributed by atoms with Gasteiger partial charge in [0.15, 0.2) is 4.88 Å². The van der Waals surface area contributed by atoms with E-state index in [2.05, 4.69) is 10.1 Å². The molecule has 0 spiro atoms. The fourth-order valence-corrected chi connectivity index (χ4v) is 4.37. The van der Waals surface area contributed by atoms with Gasteiger partial charge in [0.05, 0.1) is 11.3 Å². The highest BCUT2D eigenvalue weighted by Crippen LogP contribution is 2.37. The van der Waals surface area contributed by atoms with Crippen LogP contribution in [0, 0.1) is 6.92 Å². The SMILES string of the molecule is Cc1nn2ccsc2c1-c1nc(O)c(C(=O)OCc2ccccc2)s1. The predicted octanol–water partition coefficient (Wildman–Crippen LogP) is 3.89. The van der Waals surface area contributed by atoms with Crippen LogP contribution >= 0.6 is 22.7 Å². The van der Waals surface area contributed by atoms with Crippen molar-refractivity contribution in [1.82, 2.24) is 14.6 Å². The van der Waals surface area contributed by atoms with E-state index in [4.69, 9.17) is 4.74 Å². The van der Waals surface area contributed by atoms with E-state index in [0.29, 0.717) is 5.01 Å². The zero-order chi connectivity index (χ0) is 17.4. The second-order valence-electron chi connectivity index (χ2n) is 5.35. The average Bonchev–Trinajstić information content (AvgIpc) is 3.28. The number of aryl methyl sites for hydroxylation is 1. The van der Waals surface area contributed by atoms with Crippen molar-refractivity contribution in [2.75, 3.05) is 0 Å². The number of benzene rings is 1. The highest BCUT2D eigenvalue weighted by Gasteiger charge is 2.23. The Morgan fingerprint density at radius 1 is 1.32 bits per heavy atom. The fourth-order valence-electron chi connectivity index (χ4n) is 2.48. The summed E-state index contributed by atoms with van der Waals surface area (Å²) in [6.07, 6.45) is 1.86. The molecule has 0 atom stereocenters. The van der Waals surface area contributed by atoms with E-state index >= 15 is 0 Å². The summed E-state index contributed by atoms with van der Waals surface area (Å²) in [5.74, 6) is -0.897. The second-order valence-corrected chi connectivity index (χ2v) is 7.24. The van der Waals surface area contributed by atoms with Gasteiger partial charge < -0.3 is 9.84 Å². The Kier molecular flexibility index (Phi) is 3.98. The number of hydrogen-bond donors (Lipinski definition) is 1. The predicted molar refractivity (Wildman–Crippen MR) is 96.1 cm³/mol. The van der Waals surface area contributed by atoms with Gasteiger partial charge in [-0.15, -0.1) is 22.7 Å². The summed E-state index contributed by atoms with van der Waals surface area (Å²) in [4.78, 5) is 17.5. The molecule has 4 aromatic rings. The standard InChI is InChI=1S/C17H13N3O3S2/c1-10-12(16-20(19-10)7-8-24-16)15-18-14(21)13(25-15)17(22)23-9-11-5-3-2-4-6-11/h2-8,21H,9H2,1H3. The quantitative estimate of drug-likeness (QED) is 0.551. The molecular formula is C17H13N3O3S2. The van der Waals surface area contributed by atoms with Crippen LogP contribution in [-0.4, -0.2) is 25.7 Å². The molecule has 0 bridgehead atoms. The van der Waals surface area contributed by atoms with Gasteiger partial charge in [-0.05, 0) is 12.5 Å². The zero-order valence-corrected chi connectivity index (χ0v) is 14.8. The van der Waals surface area contributed by atoms with Gasteiger partial charge >= 0.3 is 5.97 Å². The molecular weight excluding hydrogens is 358 g/mol. The highest BCUT2D eigenvalue weighted by atomic mass is 32.1. The van der Waals surface area contributed by atoms with Gasteiger partial charge in [0.2, 0.25) is 5.88 Å². The molecule has 0 amide bonds. The van der Waals surface area contributed by atoms with Gasteiger partial charge in [0.25, 0.3) is 0 Å². The van der Waals surface area contributed by atoms with E-state index in [1.807, 2.05) is 48.8 Å². The molecule has 25 heavy (non-hydrogen) atoms. The van der Waals surface area contributed by atoms with Crippen molar-refractivity contribution in [1.29, 1.82) is 0 Å². The van der Waals surface area contributed by atoms with Crippen LogP contribution in [0.2, 0.25) is 0 Å².